The molecule has 0 radical (unpaired) electrons. The molecule has 0 saturated carbocycles. The summed E-state index contributed by atoms with van der Waals surface area (Å²) >= 11 is 3.46. The van der Waals surface area contributed by atoms with Crippen LogP contribution in [-0.2, 0) is 6.54 Å². The Balaban J connectivity index is 2.07. The molecule has 2 aromatic rings. The molecule has 0 saturated heterocycles. The molecule has 0 unspecified atom stereocenters. The smallest absolute Gasteiger partial charge is 0.223 e. The van der Waals surface area contributed by atoms with Crippen LogP contribution in [0, 0.1) is 6.92 Å². The maximum absolute atomic E-state index is 5.16. The number of rotatable bonds is 4. The van der Waals surface area contributed by atoms with Crippen molar-refractivity contribution in [3.63, 3.8) is 0 Å². The van der Waals surface area contributed by atoms with E-state index in [4.69, 9.17) is 9.26 Å². The molecule has 2 rings (SSSR count). The zero-order valence-corrected chi connectivity index (χ0v) is 11.1. The van der Waals surface area contributed by atoms with Crippen molar-refractivity contribution in [1.29, 1.82) is 0 Å². The second-order valence-corrected chi connectivity index (χ2v) is 4.28. The standard InChI is InChI=1S/C11H12BrN3O2/c1-7-14-11(15-17-7)6-13-10-5-8(16-2)3-4-9(10)12/h3-5,13H,6H2,1-2H3. The van der Waals surface area contributed by atoms with E-state index in [1.54, 1.807) is 14.0 Å². The molecule has 1 N–H and O–H groups in total. The summed E-state index contributed by atoms with van der Waals surface area (Å²) in [6, 6.07) is 5.70. The predicted molar refractivity (Wildman–Crippen MR) is 67.1 cm³/mol. The van der Waals surface area contributed by atoms with E-state index in [1.807, 2.05) is 18.2 Å². The van der Waals surface area contributed by atoms with E-state index in [1.165, 1.54) is 0 Å². The normalized spacial score (nSPS) is 10.3. The van der Waals surface area contributed by atoms with Gasteiger partial charge in [-0.2, -0.15) is 4.98 Å². The van der Waals surface area contributed by atoms with E-state index < -0.39 is 0 Å². The van der Waals surface area contributed by atoms with E-state index in [0.717, 1.165) is 15.9 Å². The number of ether oxygens (including phenoxy) is 1. The molecule has 0 aliphatic rings. The van der Waals surface area contributed by atoms with E-state index in [0.29, 0.717) is 18.3 Å². The summed E-state index contributed by atoms with van der Waals surface area (Å²) in [4.78, 5) is 4.11. The maximum Gasteiger partial charge on any atom is 0.223 e. The molecule has 90 valence electrons. The number of hydrogen-bond donors (Lipinski definition) is 1. The lowest BCUT2D eigenvalue weighted by Crippen LogP contribution is -2.02. The number of hydrogen-bond acceptors (Lipinski definition) is 5. The SMILES string of the molecule is COc1ccc(Br)c(NCc2noc(C)n2)c1. The third-order valence-electron chi connectivity index (χ3n) is 2.18. The van der Waals surface area contributed by atoms with Crippen molar-refractivity contribution < 1.29 is 9.26 Å². The Morgan fingerprint density at radius 1 is 1.47 bits per heavy atom. The number of methoxy groups -OCH3 is 1. The highest BCUT2D eigenvalue weighted by atomic mass is 79.9. The van der Waals surface area contributed by atoms with Gasteiger partial charge in [0.15, 0.2) is 5.82 Å². The fourth-order valence-corrected chi connectivity index (χ4v) is 1.74. The number of nitrogens with one attached hydrogen (secondary N) is 1. The largest absolute Gasteiger partial charge is 0.497 e. The van der Waals surface area contributed by atoms with Crippen LogP contribution >= 0.6 is 15.9 Å². The van der Waals surface area contributed by atoms with Crippen molar-refractivity contribution in [3.8, 4) is 5.75 Å². The van der Waals surface area contributed by atoms with Crippen LogP contribution in [0.15, 0.2) is 27.2 Å². The van der Waals surface area contributed by atoms with Gasteiger partial charge in [-0.15, -0.1) is 0 Å². The highest BCUT2D eigenvalue weighted by molar-refractivity contribution is 9.10. The fraction of sp³-hybridized carbons (Fsp3) is 0.273. The topological polar surface area (TPSA) is 60.2 Å². The molecule has 0 amide bonds. The summed E-state index contributed by atoms with van der Waals surface area (Å²) in [5.74, 6) is 1.98. The van der Waals surface area contributed by atoms with Crippen molar-refractivity contribution in [2.45, 2.75) is 13.5 Å². The highest BCUT2D eigenvalue weighted by Crippen LogP contribution is 2.27. The number of anilines is 1. The lowest BCUT2D eigenvalue weighted by Gasteiger charge is -2.08. The second kappa shape index (κ2) is 5.18. The molecule has 17 heavy (non-hydrogen) atoms. The van der Waals surface area contributed by atoms with E-state index in [-0.39, 0.29) is 0 Å². The minimum atomic E-state index is 0.503. The molecular weight excluding hydrogens is 286 g/mol. The molecule has 0 aliphatic heterocycles. The Hall–Kier alpha value is -1.56. The number of nitrogens with zero attached hydrogens (tertiary/aromatic N) is 2. The fourth-order valence-electron chi connectivity index (χ4n) is 1.35. The zero-order valence-electron chi connectivity index (χ0n) is 9.53. The Kier molecular flexibility index (Phi) is 3.63. The van der Waals surface area contributed by atoms with E-state index in [2.05, 4.69) is 31.4 Å². The summed E-state index contributed by atoms with van der Waals surface area (Å²) in [6.45, 7) is 2.26. The van der Waals surface area contributed by atoms with Crippen LogP contribution in [0.4, 0.5) is 5.69 Å². The number of halogens is 1. The summed E-state index contributed by atoms with van der Waals surface area (Å²) in [5, 5.41) is 7.01. The third-order valence-corrected chi connectivity index (χ3v) is 2.87. The van der Waals surface area contributed by atoms with Gasteiger partial charge >= 0.3 is 0 Å². The van der Waals surface area contributed by atoms with Gasteiger partial charge in [0.25, 0.3) is 0 Å². The molecule has 5 nitrogen and oxygen atoms in total. The average molecular weight is 298 g/mol. The van der Waals surface area contributed by atoms with Crippen LogP contribution in [0.5, 0.6) is 5.75 Å². The molecule has 1 heterocycles. The minimum absolute atomic E-state index is 0.503. The number of benzene rings is 1. The third kappa shape index (κ3) is 2.97. The van der Waals surface area contributed by atoms with Crippen LogP contribution in [0.3, 0.4) is 0 Å². The van der Waals surface area contributed by atoms with Gasteiger partial charge in [-0.1, -0.05) is 5.16 Å². The molecule has 0 aliphatic carbocycles. The first-order valence-electron chi connectivity index (χ1n) is 5.05. The number of aryl methyl sites for hydroxylation is 1. The van der Waals surface area contributed by atoms with Crippen molar-refractivity contribution in [2.24, 2.45) is 0 Å². The van der Waals surface area contributed by atoms with Crippen molar-refractivity contribution in [3.05, 3.63) is 34.4 Å². The van der Waals surface area contributed by atoms with Gasteiger partial charge in [-0.05, 0) is 28.1 Å². The maximum atomic E-state index is 5.16. The molecule has 0 bridgehead atoms. The van der Waals surface area contributed by atoms with Crippen LogP contribution in [-0.4, -0.2) is 17.3 Å². The predicted octanol–water partition coefficient (Wildman–Crippen LogP) is 2.76. The van der Waals surface area contributed by atoms with Gasteiger partial charge in [0.1, 0.15) is 5.75 Å². The lowest BCUT2D eigenvalue weighted by molar-refractivity contribution is 0.388. The second-order valence-electron chi connectivity index (χ2n) is 3.43. The first kappa shape index (κ1) is 11.9. The monoisotopic (exact) mass is 297 g/mol. The summed E-state index contributed by atoms with van der Waals surface area (Å²) < 4.78 is 11.0. The molecule has 0 spiro atoms. The zero-order chi connectivity index (χ0) is 12.3. The molecule has 1 aromatic carbocycles. The lowest BCUT2D eigenvalue weighted by atomic mass is 10.3. The molecular formula is C11H12BrN3O2. The van der Waals surface area contributed by atoms with Gasteiger partial charge in [0.05, 0.1) is 19.3 Å². The summed E-state index contributed by atoms with van der Waals surface area (Å²) in [7, 11) is 1.63. The number of aromatic nitrogens is 2. The molecule has 0 atom stereocenters. The Bertz CT molecular complexity index is 513. The Morgan fingerprint density at radius 3 is 2.94 bits per heavy atom. The van der Waals surface area contributed by atoms with E-state index >= 15 is 0 Å². The molecule has 1 aromatic heterocycles. The molecule has 0 fully saturated rings. The van der Waals surface area contributed by atoms with Crippen molar-refractivity contribution in [2.75, 3.05) is 12.4 Å². The van der Waals surface area contributed by atoms with Crippen molar-refractivity contribution >= 4 is 21.6 Å². The van der Waals surface area contributed by atoms with Crippen LogP contribution < -0.4 is 10.1 Å². The van der Waals surface area contributed by atoms with Crippen LogP contribution in [0.2, 0.25) is 0 Å². The highest BCUT2D eigenvalue weighted by Gasteiger charge is 2.05. The minimum Gasteiger partial charge on any atom is -0.497 e. The first-order valence-corrected chi connectivity index (χ1v) is 5.85. The summed E-state index contributed by atoms with van der Waals surface area (Å²) in [6.07, 6.45) is 0. The Morgan fingerprint density at radius 2 is 2.29 bits per heavy atom. The Labute approximate surface area is 107 Å². The van der Waals surface area contributed by atoms with Crippen LogP contribution in [0.1, 0.15) is 11.7 Å². The average Bonchev–Trinajstić information content (AvgIpc) is 2.74. The van der Waals surface area contributed by atoms with Gasteiger partial charge < -0.3 is 14.6 Å². The van der Waals surface area contributed by atoms with Gasteiger partial charge in [-0.3, -0.25) is 0 Å². The quantitative estimate of drug-likeness (QED) is 0.940. The summed E-state index contributed by atoms with van der Waals surface area (Å²) in [5.41, 5.74) is 0.923. The van der Waals surface area contributed by atoms with Crippen LogP contribution in [0.25, 0.3) is 0 Å². The first-order chi connectivity index (χ1) is 8.19. The van der Waals surface area contributed by atoms with E-state index in [9.17, 15) is 0 Å². The van der Waals surface area contributed by atoms with Gasteiger partial charge in [0.2, 0.25) is 5.89 Å². The van der Waals surface area contributed by atoms with Crippen molar-refractivity contribution in [1.82, 2.24) is 10.1 Å². The van der Waals surface area contributed by atoms with Gasteiger partial charge in [0, 0.05) is 17.5 Å². The molecule has 6 heteroatoms. The van der Waals surface area contributed by atoms with Gasteiger partial charge in [-0.25, -0.2) is 0 Å².